The van der Waals surface area contributed by atoms with Crippen molar-refractivity contribution in [1.29, 1.82) is 0 Å². The lowest BCUT2D eigenvalue weighted by atomic mass is 10.1. The summed E-state index contributed by atoms with van der Waals surface area (Å²) in [6.45, 7) is 6.10. The highest BCUT2D eigenvalue weighted by atomic mass is 32.1. The van der Waals surface area contributed by atoms with Crippen LogP contribution >= 0.6 is 22.7 Å². The number of nitrogens with zero attached hydrogens (tertiary/aromatic N) is 3. The predicted molar refractivity (Wildman–Crippen MR) is 132 cm³/mol. The number of carbonyl (C=O) groups excluding carboxylic acids is 2. The summed E-state index contributed by atoms with van der Waals surface area (Å²) in [5, 5.41) is 8.58. The Balaban J connectivity index is 1.37. The highest BCUT2D eigenvalue weighted by molar-refractivity contribution is 7.18. The number of hydrogen-bond acceptors (Lipinski definition) is 7. The second-order valence-corrected chi connectivity index (χ2v) is 9.71. The van der Waals surface area contributed by atoms with E-state index < -0.39 is 0 Å². The molecule has 0 fully saturated rings. The van der Waals surface area contributed by atoms with E-state index in [-0.39, 0.29) is 30.3 Å². The van der Waals surface area contributed by atoms with E-state index in [1.807, 2.05) is 43.5 Å². The molecule has 10 heteroatoms. The maximum Gasteiger partial charge on any atom is 0.262 e. The standard InChI is InChI=1S/C23H23N5O3S2/c1-13-14(2)33-21-20(13)22(31)28(12-25-21)9-8-19(30)27-23-26-18(11-32-23)17-6-4-16(5-7-17)10-24-15(3)29/h4-7,11-12H,8-10H2,1-3H3,(H,24,29)(H,26,27,30). The number of nitrogens with one attached hydrogen (secondary N) is 2. The summed E-state index contributed by atoms with van der Waals surface area (Å²) in [7, 11) is 0. The zero-order valence-electron chi connectivity index (χ0n) is 18.5. The van der Waals surface area contributed by atoms with Crippen LogP contribution in [0.1, 0.15) is 29.3 Å². The average molecular weight is 482 g/mol. The minimum Gasteiger partial charge on any atom is -0.352 e. The molecule has 0 bridgehead atoms. The van der Waals surface area contributed by atoms with Crippen molar-refractivity contribution in [2.24, 2.45) is 0 Å². The Morgan fingerprint density at radius 3 is 2.64 bits per heavy atom. The Labute approximate surface area is 198 Å². The van der Waals surface area contributed by atoms with Crippen LogP contribution in [0.3, 0.4) is 0 Å². The van der Waals surface area contributed by atoms with Crippen LogP contribution in [0.4, 0.5) is 5.13 Å². The minimum absolute atomic E-state index is 0.0719. The number of aryl methyl sites for hydroxylation is 3. The van der Waals surface area contributed by atoms with E-state index in [2.05, 4.69) is 20.6 Å². The number of anilines is 1. The van der Waals surface area contributed by atoms with Gasteiger partial charge in [-0.1, -0.05) is 24.3 Å². The molecular formula is C23H23N5O3S2. The summed E-state index contributed by atoms with van der Waals surface area (Å²) < 4.78 is 1.48. The normalized spacial score (nSPS) is 11.0. The smallest absolute Gasteiger partial charge is 0.262 e. The second-order valence-electron chi connectivity index (χ2n) is 7.65. The van der Waals surface area contributed by atoms with Gasteiger partial charge in [0.25, 0.3) is 5.56 Å². The lowest BCUT2D eigenvalue weighted by Gasteiger charge is -2.06. The van der Waals surface area contributed by atoms with Crippen LogP contribution in [-0.2, 0) is 22.7 Å². The molecule has 0 unspecified atom stereocenters. The summed E-state index contributed by atoms with van der Waals surface area (Å²) in [4.78, 5) is 46.9. The first-order chi connectivity index (χ1) is 15.8. The Morgan fingerprint density at radius 1 is 1.15 bits per heavy atom. The summed E-state index contributed by atoms with van der Waals surface area (Å²) in [6, 6.07) is 7.73. The van der Waals surface area contributed by atoms with Gasteiger partial charge in [0.1, 0.15) is 4.83 Å². The first-order valence-electron chi connectivity index (χ1n) is 10.4. The minimum atomic E-state index is -0.216. The molecule has 0 saturated heterocycles. The van der Waals surface area contributed by atoms with Crippen LogP contribution in [0, 0.1) is 13.8 Å². The quantitative estimate of drug-likeness (QED) is 0.417. The van der Waals surface area contributed by atoms with Gasteiger partial charge in [-0.15, -0.1) is 22.7 Å². The molecule has 8 nitrogen and oxygen atoms in total. The van der Waals surface area contributed by atoms with Crippen LogP contribution in [0.25, 0.3) is 21.5 Å². The fraction of sp³-hybridized carbons (Fsp3) is 0.261. The van der Waals surface area contributed by atoms with E-state index in [0.717, 1.165) is 32.1 Å². The fourth-order valence-corrected chi connectivity index (χ4v) is 5.04. The Bertz CT molecular complexity index is 1390. The van der Waals surface area contributed by atoms with E-state index >= 15 is 0 Å². The zero-order chi connectivity index (χ0) is 23.5. The number of fused-ring (bicyclic) bond motifs is 1. The third-order valence-electron chi connectivity index (χ3n) is 5.28. The van der Waals surface area contributed by atoms with E-state index in [1.165, 1.54) is 40.5 Å². The van der Waals surface area contributed by atoms with Gasteiger partial charge in [-0.05, 0) is 25.0 Å². The molecule has 0 aliphatic rings. The fourth-order valence-electron chi connectivity index (χ4n) is 3.32. The van der Waals surface area contributed by atoms with Crippen molar-refractivity contribution in [1.82, 2.24) is 19.9 Å². The van der Waals surface area contributed by atoms with Gasteiger partial charge >= 0.3 is 0 Å². The molecule has 2 amide bonds. The number of amides is 2. The van der Waals surface area contributed by atoms with E-state index in [0.29, 0.717) is 17.1 Å². The first-order valence-corrected chi connectivity index (χ1v) is 12.1. The van der Waals surface area contributed by atoms with Crippen LogP contribution in [0.2, 0.25) is 0 Å². The van der Waals surface area contributed by atoms with Crippen molar-refractivity contribution in [2.45, 2.75) is 40.3 Å². The van der Waals surface area contributed by atoms with Crippen LogP contribution in [0.15, 0.2) is 40.8 Å². The van der Waals surface area contributed by atoms with E-state index in [9.17, 15) is 14.4 Å². The Morgan fingerprint density at radius 2 is 1.91 bits per heavy atom. The topological polar surface area (TPSA) is 106 Å². The van der Waals surface area contributed by atoms with Gasteiger partial charge in [0.2, 0.25) is 11.8 Å². The molecule has 4 aromatic rings. The SMILES string of the molecule is CC(=O)NCc1ccc(-c2csc(NC(=O)CCn3cnc4sc(C)c(C)c4c3=O)n2)cc1. The molecule has 0 radical (unpaired) electrons. The number of rotatable bonds is 7. The number of hydrogen-bond donors (Lipinski definition) is 2. The van der Waals surface area contributed by atoms with Crippen molar-refractivity contribution < 1.29 is 9.59 Å². The maximum absolute atomic E-state index is 12.8. The third kappa shape index (κ3) is 5.18. The molecule has 1 aromatic carbocycles. The predicted octanol–water partition coefficient (Wildman–Crippen LogP) is 3.86. The molecule has 170 valence electrons. The summed E-state index contributed by atoms with van der Waals surface area (Å²) in [5.41, 5.74) is 3.51. The summed E-state index contributed by atoms with van der Waals surface area (Å²) >= 11 is 2.85. The zero-order valence-corrected chi connectivity index (χ0v) is 20.1. The molecule has 0 spiro atoms. The third-order valence-corrected chi connectivity index (χ3v) is 7.15. The molecule has 0 atom stereocenters. The lowest BCUT2D eigenvalue weighted by molar-refractivity contribution is -0.119. The molecule has 0 aliphatic carbocycles. The summed E-state index contributed by atoms with van der Waals surface area (Å²) in [5.74, 6) is -0.288. The second kappa shape index (κ2) is 9.63. The van der Waals surface area contributed by atoms with Crippen LogP contribution in [-0.4, -0.2) is 26.3 Å². The van der Waals surface area contributed by atoms with Crippen molar-refractivity contribution in [3.63, 3.8) is 0 Å². The average Bonchev–Trinajstić information content (AvgIpc) is 3.36. The van der Waals surface area contributed by atoms with Gasteiger partial charge in [0.15, 0.2) is 5.13 Å². The first kappa shape index (κ1) is 22.8. The van der Waals surface area contributed by atoms with Crippen molar-refractivity contribution in [3.05, 3.63) is 62.3 Å². The Hall–Kier alpha value is -3.37. The van der Waals surface area contributed by atoms with Gasteiger partial charge in [-0.25, -0.2) is 9.97 Å². The van der Waals surface area contributed by atoms with Gasteiger partial charge in [0.05, 0.1) is 17.4 Å². The number of benzene rings is 1. The van der Waals surface area contributed by atoms with Crippen molar-refractivity contribution >= 4 is 49.8 Å². The summed E-state index contributed by atoms with van der Waals surface area (Å²) in [6.07, 6.45) is 1.65. The molecule has 33 heavy (non-hydrogen) atoms. The number of thiophene rings is 1. The molecular weight excluding hydrogens is 458 g/mol. The van der Waals surface area contributed by atoms with E-state index in [1.54, 1.807) is 0 Å². The maximum atomic E-state index is 12.8. The van der Waals surface area contributed by atoms with E-state index in [4.69, 9.17) is 0 Å². The molecule has 0 saturated carbocycles. The molecule has 4 rings (SSSR count). The van der Waals surface area contributed by atoms with Crippen molar-refractivity contribution in [2.75, 3.05) is 5.32 Å². The molecule has 0 aliphatic heterocycles. The van der Waals surface area contributed by atoms with Crippen molar-refractivity contribution in [3.8, 4) is 11.3 Å². The van der Waals surface area contributed by atoms with Gasteiger partial charge < -0.3 is 10.6 Å². The number of carbonyl (C=O) groups is 2. The van der Waals surface area contributed by atoms with Gasteiger partial charge in [0, 0.05) is 42.3 Å². The monoisotopic (exact) mass is 481 g/mol. The number of aromatic nitrogens is 3. The van der Waals surface area contributed by atoms with Crippen LogP contribution in [0.5, 0.6) is 0 Å². The highest BCUT2D eigenvalue weighted by Gasteiger charge is 2.13. The molecule has 3 heterocycles. The highest BCUT2D eigenvalue weighted by Crippen LogP contribution is 2.26. The lowest BCUT2D eigenvalue weighted by Crippen LogP contribution is -2.23. The largest absolute Gasteiger partial charge is 0.352 e. The van der Waals surface area contributed by atoms with Gasteiger partial charge in [-0.2, -0.15) is 0 Å². The number of thiazole rings is 1. The Kier molecular flexibility index (Phi) is 6.66. The molecule has 2 N–H and O–H groups in total. The van der Waals surface area contributed by atoms with Gasteiger partial charge in [-0.3, -0.25) is 19.0 Å². The van der Waals surface area contributed by atoms with Crippen LogP contribution < -0.4 is 16.2 Å². The molecule has 3 aromatic heterocycles.